The quantitative estimate of drug-likeness (QED) is 0.787. The first kappa shape index (κ1) is 13.5. The highest BCUT2D eigenvalue weighted by atomic mass is 16.5. The molecule has 2 heterocycles. The van der Waals surface area contributed by atoms with E-state index < -0.39 is 0 Å². The number of nitrogens with two attached hydrogens (primary N) is 1. The molecule has 3 heteroatoms. The van der Waals surface area contributed by atoms with Gasteiger partial charge in [-0.25, -0.2) is 0 Å². The number of hydrogen-bond donors (Lipinski definition) is 1. The Hall–Kier alpha value is -0.930. The van der Waals surface area contributed by atoms with Crippen molar-refractivity contribution in [2.24, 2.45) is 11.7 Å². The number of rotatable bonds is 6. The van der Waals surface area contributed by atoms with E-state index in [-0.39, 0.29) is 6.04 Å². The third-order valence-electron chi connectivity index (χ3n) is 3.83. The van der Waals surface area contributed by atoms with Gasteiger partial charge in [-0.3, -0.25) is 4.98 Å². The molecule has 2 rings (SSSR count). The van der Waals surface area contributed by atoms with Crippen LogP contribution < -0.4 is 5.73 Å². The van der Waals surface area contributed by atoms with E-state index in [1.807, 2.05) is 12.3 Å². The average Bonchev–Trinajstić information content (AvgIpc) is 2.45. The maximum atomic E-state index is 6.15. The molecule has 2 N–H and O–H groups in total. The van der Waals surface area contributed by atoms with Crippen LogP contribution in [-0.4, -0.2) is 18.2 Å². The van der Waals surface area contributed by atoms with Crippen molar-refractivity contribution in [3.05, 3.63) is 30.1 Å². The van der Waals surface area contributed by atoms with Crippen LogP contribution in [0.15, 0.2) is 24.5 Å². The molecule has 1 fully saturated rings. The highest BCUT2D eigenvalue weighted by Crippen LogP contribution is 2.23. The molecule has 0 spiro atoms. The van der Waals surface area contributed by atoms with Gasteiger partial charge in [0.25, 0.3) is 0 Å². The van der Waals surface area contributed by atoms with Crippen molar-refractivity contribution in [2.75, 3.05) is 13.2 Å². The summed E-state index contributed by atoms with van der Waals surface area (Å²) in [5, 5.41) is 0. The van der Waals surface area contributed by atoms with E-state index in [0.717, 1.165) is 31.1 Å². The van der Waals surface area contributed by atoms with Gasteiger partial charge in [0.05, 0.1) is 0 Å². The molecule has 1 unspecified atom stereocenters. The lowest BCUT2D eigenvalue weighted by Crippen LogP contribution is -2.15. The monoisotopic (exact) mass is 248 g/mol. The second kappa shape index (κ2) is 7.49. The van der Waals surface area contributed by atoms with Gasteiger partial charge in [0.15, 0.2) is 0 Å². The molecule has 0 bridgehead atoms. The predicted molar refractivity (Wildman–Crippen MR) is 73.2 cm³/mol. The zero-order chi connectivity index (χ0) is 12.6. The van der Waals surface area contributed by atoms with Crippen molar-refractivity contribution in [3.8, 4) is 0 Å². The van der Waals surface area contributed by atoms with E-state index >= 15 is 0 Å². The summed E-state index contributed by atoms with van der Waals surface area (Å²) in [7, 11) is 0. The van der Waals surface area contributed by atoms with E-state index in [1.54, 1.807) is 6.20 Å². The lowest BCUT2D eigenvalue weighted by Gasteiger charge is -2.22. The number of pyridine rings is 1. The zero-order valence-electron chi connectivity index (χ0n) is 11.1. The van der Waals surface area contributed by atoms with Gasteiger partial charge in [0, 0.05) is 31.6 Å². The first-order valence-corrected chi connectivity index (χ1v) is 7.09. The van der Waals surface area contributed by atoms with Gasteiger partial charge in [0.1, 0.15) is 0 Å². The van der Waals surface area contributed by atoms with Crippen molar-refractivity contribution >= 4 is 0 Å². The molecule has 18 heavy (non-hydrogen) atoms. The molecule has 1 atom stereocenters. The molecule has 1 aliphatic rings. The normalized spacial score (nSPS) is 18.7. The topological polar surface area (TPSA) is 48.1 Å². The molecular formula is C15H24N2O. The molecule has 0 aliphatic carbocycles. The fourth-order valence-electron chi connectivity index (χ4n) is 2.59. The van der Waals surface area contributed by atoms with Gasteiger partial charge in [0.2, 0.25) is 0 Å². The summed E-state index contributed by atoms with van der Waals surface area (Å²) in [5.74, 6) is 0.883. The van der Waals surface area contributed by atoms with E-state index in [4.69, 9.17) is 10.5 Å². The summed E-state index contributed by atoms with van der Waals surface area (Å²) in [6, 6.07) is 4.17. The van der Waals surface area contributed by atoms with Crippen LogP contribution in [0.2, 0.25) is 0 Å². The van der Waals surface area contributed by atoms with Gasteiger partial charge in [-0.2, -0.15) is 0 Å². The van der Waals surface area contributed by atoms with Gasteiger partial charge in [-0.1, -0.05) is 25.3 Å². The Morgan fingerprint density at radius 3 is 2.89 bits per heavy atom. The molecule has 0 saturated carbocycles. The summed E-state index contributed by atoms with van der Waals surface area (Å²) in [6.45, 7) is 1.92. The number of ether oxygens (including phenoxy) is 1. The molecule has 0 amide bonds. The fourth-order valence-corrected chi connectivity index (χ4v) is 2.59. The lowest BCUT2D eigenvalue weighted by molar-refractivity contribution is 0.0631. The van der Waals surface area contributed by atoms with E-state index in [9.17, 15) is 0 Å². The fraction of sp³-hybridized carbons (Fsp3) is 0.667. The van der Waals surface area contributed by atoms with Crippen molar-refractivity contribution in [1.29, 1.82) is 0 Å². The molecule has 1 aromatic rings. The Kier molecular flexibility index (Phi) is 5.62. The highest BCUT2D eigenvalue weighted by molar-refractivity contribution is 5.12. The van der Waals surface area contributed by atoms with Crippen LogP contribution in [0, 0.1) is 5.92 Å². The number of unbranched alkanes of at least 4 members (excludes halogenated alkanes) is 1. The predicted octanol–water partition coefficient (Wildman–Crippen LogP) is 3.07. The van der Waals surface area contributed by atoms with Gasteiger partial charge < -0.3 is 10.5 Å². The Balaban J connectivity index is 1.60. The van der Waals surface area contributed by atoms with Gasteiger partial charge in [-0.15, -0.1) is 0 Å². The van der Waals surface area contributed by atoms with Crippen molar-refractivity contribution in [1.82, 2.24) is 4.98 Å². The van der Waals surface area contributed by atoms with Gasteiger partial charge >= 0.3 is 0 Å². The average molecular weight is 248 g/mol. The summed E-state index contributed by atoms with van der Waals surface area (Å²) >= 11 is 0. The van der Waals surface area contributed by atoms with E-state index in [1.165, 1.54) is 32.1 Å². The van der Waals surface area contributed by atoms with Crippen LogP contribution in [0.4, 0.5) is 0 Å². The zero-order valence-corrected chi connectivity index (χ0v) is 11.1. The molecule has 1 aromatic heterocycles. The van der Waals surface area contributed by atoms with Crippen molar-refractivity contribution in [2.45, 2.75) is 44.6 Å². The maximum Gasteiger partial charge on any atom is 0.0468 e. The summed E-state index contributed by atoms with van der Waals surface area (Å²) in [5.41, 5.74) is 7.31. The van der Waals surface area contributed by atoms with Crippen LogP contribution in [0.25, 0.3) is 0 Å². The lowest BCUT2D eigenvalue weighted by atomic mass is 9.93. The number of hydrogen-bond acceptors (Lipinski definition) is 3. The minimum Gasteiger partial charge on any atom is -0.381 e. The summed E-state index contributed by atoms with van der Waals surface area (Å²) in [6.07, 6.45) is 11.1. The SMILES string of the molecule is NC(CCCCC1CCOCC1)c1cccnc1. The highest BCUT2D eigenvalue weighted by Gasteiger charge is 2.13. The molecule has 1 aliphatic heterocycles. The largest absolute Gasteiger partial charge is 0.381 e. The third kappa shape index (κ3) is 4.39. The number of aromatic nitrogens is 1. The Labute approximate surface area is 110 Å². The second-order valence-electron chi connectivity index (χ2n) is 5.23. The van der Waals surface area contributed by atoms with E-state index in [2.05, 4.69) is 11.1 Å². The van der Waals surface area contributed by atoms with Crippen molar-refractivity contribution < 1.29 is 4.74 Å². The Bertz CT molecular complexity index is 323. The maximum absolute atomic E-state index is 6.15. The smallest absolute Gasteiger partial charge is 0.0468 e. The van der Waals surface area contributed by atoms with E-state index in [0.29, 0.717) is 0 Å². The Morgan fingerprint density at radius 1 is 1.33 bits per heavy atom. The number of nitrogens with zero attached hydrogens (tertiary/aromatic N) is 1. The first-order valence-electron chi connectivity index (χ1n) is 7.09. The van der Waals surface area contributed by atoms with Crippen LogP contribution in [-0.2, 0) is 4.74 Å². The minimum absolute atomic E-state index is 0.147. The molecule has 3 nitrogen and oxygen atoms in total. The standard InChI is InChI=1S/C15H24N2O/c16-15(14-5-3-9-17-12-14)6-2-1-4-13-7-10-18-11-8-13/h3,5,9,12-13,15H,1-2,4,6-8,10-11,16H2. The summed E-state index contributed by atoms with van der Waals surface area (Å²) in [4.78, 5) is 4.11. The minimum atomic E-state index is 0.147. The third-order valence-corrected chi connectivity index (χ3v) is 3.83. The van der Waals surface area contributed by atoms with Crippen LogP contribution in [0.1, 0.15) is 50.1 Å². The van der Waals surface area contributed by atoms with Crippen molar-refractivity contribution in [3.63, 3.8) is 0 Å². The van der Waals surface area contributed by atoms with Gasteiger partial charge in [-0.05, 0) is 36.8 Å². The molecule has 0 aromatic carbocycles. The molecule has 1 saturated heterocycles. The first-order chi connectivity index (χ1) is 8.86. The molecular weight excluding hydrogens is 224 g/mol. The van der Waals surface area contributed by atoms with Crippen LogP contribution in [0.5, 0.6) is 0 Å². The van der Waals surface area contributed by atoms with Crippen LogP contribution >= 0.6 is 0 Å². The molecule has 0 radical (unpaired) electrons. The summed E-state index contributed by atoms with van der Waals surface area (Å²) < 4.78 is 5.38. The molecule has 100 valence electrons. The Morgan fingerprint density at radius 2 is 2.17 bits per heavy atom. The second-order valence-corrected chi connectivity index (χ2v) is 5.23. The van der Waals surface area contributed by atoms with Crippen LogP contribution in [0.3, 0.4) is 0 Å².